The Hall–Kier alpha value is -1.35. The van der Waals surface area contributed by atoms with Gasteiger partial charge in [0.1, 0.15) is 5.52 Å². The fourth-order valence-corrected chi connectivity index (χ4v) is 1.29. The van der Waals surface area contributed by atoms with E-state index in [1.165, 1.54) is 0 Å². The average molecular weight is 181 g/mol. The Morgan fingerprint density at radius 1 is 1.50 bits per heavy atom. The number of imidazole rings is 1. The molecule has 0 unspecified atom stereocenters. The van der Waals surface area contributed by atoms with Crippen LogP contribution in [0.15, 0.2) is 18.2 Å². The number of rotatable bonds is 1. The quantitative estimate of drug-likeness (QED) is 0.683. The molecule has 1 N–H and O–H groups in total. The predicted octanol–water partition coefficient (Wildman–Crippen LogP) is 2.03. The number of benzene rings is 1. The van der Waals surface area contributed by atoms with Crippen molar-refractivity contribution in [3.8, 4) is 0 Å². The second kappa shape index (κ2) is 2.60. The van der Waals surface area contributed by atoms with E-state index in [0.29, 0.717) is 22.6 Å². The van der Waals surface area contributed by atoms with Crippen molar-refractivity contribution in [1.29, 1.82) is 0 Å². The van der Waals surface area contributed by atoms with E-state index in [2.05, 4.69) is 9.97 Å². The van der Waals surface area contributed by atoms with E-state index < -0.39 is 0 Å². The molecule has 0 atom stereocenters. The van der Waals surface area contributed by atoms with Gasteiger partial charge >= 0.3 is 0 Å². The van der Waals surface area contributed by atoms with Crippen molar-refractivity contribution in [2.24, 2.45) is 0 Å². The summed E-state index contributed by atoms with van der Waals surface area (Å²) in [6.45, 7) is 0. The molecule has 2 aromatic rings. The first kappa shape index (κ1) is 7.31. The molecule has 0 aliphatic heterocycles. The lowest BCUT2D eigenvalue weighted by molar-refractivity contribution is 0.111. The molecule has 0 bridgehead atoms. The number of halogens is 1. The van der Waals surface area contributed by atoms with Crippen molar-refractivity contribution in [3.63, 3.8) is 0 Å². The van der Waals surface area contributed by atoms with E-state index >= 15 is 0 Å². The lowest BCUT2D eigenvalue weighted by Gasteiger charge is -1.88. The van der Waals surface area contributed by atoms with Crippen LogP contribution in [0.1, 0.15) is 10.6 Å². The van der Waals surface area contributed by atoms with Gasteiger partial charge in [0.05, 0.1) is 10.5 Å². The molecule has 0 amide bonds. The molecular weight excluding hydrogens is 176 g/mol. The second-order valence-corrected chi connectivity index (χ2v) is 2.78. The van der Waals surface area contributed by atoms with Gasteiger partial charge in [0.15, 0.2) is 12.1 Å². The topological polar surface area (TPSA) is 45.8 Å². The highest BCUT2D eigenvalue weighted by Crippen LogP contribution is 2.19. The summed E-state index contributed by atoms with van der Waals surface area (Å²) in [6, 6.07) is 5.36. The smallest absolute Gasteiger partial charge is 0.185 e. The molecule has 0 spiro atoms. The first-order valence-corrected chi connectivity index (χ1v) is 3.78. The summed E-state index contributed by atoms with van der Waals surface area (Å²) in [5.74, 6) is 0.304. The Morgan fingerprint density at radius 3 is 3.00 bits per heavy atom. The van der Waals surface area contributed by atoms with E-state index in [1.807, 2.05) is 6.07 Å². The monoisotopic (exact) mass is 180 g/mol. The molecule has 4 heteroatoms. The Bertz CT molecular complexity index is 436. The Morgan fingerprint density at radius 2 is 2.33 bits per heavy atom. The van der Waals surface area contributed by atoms with Gasteiger partial charge in [-0.2, -0.15) is 0 Å². The SMILES string of the molecule is O=Cc1nc2c(Cl)cccc2[nH]1. The van der Waals surface area contributed by atoms with E-state index in [1.54, 1.807) is 12.1 Å². The molecule has 12 heavy (non-hydrogen) atoms. The van der Waals surface area contributed by atoms with Crippen LogP contribution >= 0.6 is 11.6 Å². The molecular formula is C8H5ClN2O. The number of nitrogens with zero attached hydrogens (tertiary/aromatic N) is 1. The summed E-state index contributed by atoms with van der Waals surface area (Å²) in [7, 11) is 0. The highest BCUT2D eigenvalue weighted by Gasteiger charge is 2.03. The molecule has 1 heterocycles. The summed E-state index contributed by atoms with van der Waals surface area (Å²) in [5, 5.41) is 0.553. The van der Waals surface area contributed by atoms with Crippen molar-refractivity contribution in [3.05, 3.63) is 29.0 Å². The number of carbonyl (C=O) groups excluding carboxylic acids is 1. The number of aldehydes is 1. The largest absolute Gasteiger partial charge is 0.336 e. The van der Waals surface area contributed by atoms with Gasteiger partial charge in [0.25, 0.3) is 0 Å². The third kappa shape index (κ3) is 0.987. The van der Waals surface area contributed by atoms with Crippen LogP contribution in [0.5, 0.6) is 0 Å². The van der Waals surface area contributed by atoms with Crippen LogP contribution in [0.2, 0.25) is 5.02 Å². The molecule has 0 aliphatic rings. The summed E-state index contributed by atoms with van der Waals surface area (Å²) < 4.78 is 0. The maximum atomic E-state index is 10.4. The molecule has 1 aromatic heterocycles. The van der Waals surface area contributed by atoms with Gasteiger partial charge in [-0.1, -0.05) is 17.7 Å². The highest BCUT2D eigenvalue weighted by molar-refractivity contribution is 6.34. The first-order chi connectivity index (χ1) is 5.81. The Kier molecular flexibility index (Phi) is 1.59. The van der Waals surface area contributed by atoms with Crippen molar-refractivity contribution in [2.45, 2.75) is 0 Å². The zero-order valence-corrected chi connectivity index (χ0v) is 6.80. The van der Waals surface area contributed by atoms with Gasteiger partial charge in [0.2, 0.25) is 0 Å². The number of nitrogens with one attached hydrogen (secondary N) is 1. The van der Waals surface area contributed by atoms with E-state index in [9.17, 15) is 4.79 Å². The minimum Gasteiger partial charge on any atom is -0.336 e. The van der Waals surface area contributed by atoms with Crippen molar-refractivity contribution in [1.82, 2.24) is 9.97 Å². The fourth-order valence-electron chi connectivity index (χ4n) is 1.07. The van der Waals surface area contributed by atoms with E-state index in [-0.39, 0.29) is 0 Å². The van der Waals surface area contributed by atoms with Gasteiger partial charge in [-0.15, -0.1) is 0 Å². The standard InChI is InChI=1S/C8H5ClN2O/c9-5-2-1-3-6-8(5)11-7(4-12)10-6/h1-4H,(H,10,11). The van der Waals surface area contributed by atoms with Gasteiger partial charge in [-0.3, -0.25) is 4.79 Å². The molecule has 3 nitrogen and oxygen atoms in total. The second-order valence-electron chi connectivity index (χ2n) is 2.38. The summed E-state index contributed by atoms with van der Waals surface area (Å²) in [5.41, 5.74) is 1.42. The molecule has 0 saturated carbocycles. The summed E-state index contributed by atoms with van der Waals surface area (Å²) in [4.78, 5) is 17.1. The predicted molar refractivity (Wildman–Crippen MR) is 46.5 cm³/mol. The Labute approximate surface area is 73.4 Å². The summed E-state index contributed by atoms with van der Waals surface area (Å²) >= 11 is 5.83. The summed E-state index contributed by atoms with van der Waals surface area (Å²) in [6.07, 6.45) is 0.663. The first-order valence-electron chi connectivity index (χ1n) is 3.40. The van der Waals surface area contributed by atoms with Crippen LogP contribution in [-0.4, -0.2) is 16.3 Å². The van der Waals surface area contributed by atoms with Crippen molar-refractivity contribution < 1.29 is 4.79 Å². The van der Waals surface area contributed by atoms with E-state index in [0.717, 1.165) is 5.52 Å². The normalized spacial score (nSPS) is 10.4. The zero-order chi connectivity index (χ0) is 8.55. The number of aromatic nitrogens is 2. The maximum Gasteiger partial charge on any atom is 0.185 e. The minimum absolute atomic E-state index is 0.304. The van der Waals surface area contributed by atoms with Crippen LogP contribution in [-0.2, 0) is 0 Å². The number of para-hydroxylation sites is 1. The van der Waals surface area contributed by atoms with Crippen molar-refractivity contribution >= 4 is 28.9 Å². The molecule has 2 rings (SSSR count). The molecule has 0 saturated heterocycles. The van der Waals surface area contributed by atoms with Crippen LogP contribution in [0.3, 0.4) is 0 Å². The highest BCUT2D eigenvalue weighted by atomic mass is 35.5. The molecule has 1 aromatic carbocycles. The Balaban J connectivity index is 2.82. The molecule has 60 valence electrons. The lowest BCUT2D eigenvalue weighted by Crippen LogP contribution is -1.79. The van der Waals surface area contributed by atoms with Gasteiger partial charge in [-0.25, -0.2) is 4.98 Å². The van der Waals surface area contributed by atoms with Crippen molar-refractivity contribution in [2.75, 3.05) is 0 Å². The maximum absolute atomic E-state index is 10.4. The van der Waals surface area contributed by atoms with Crippen LogP contribution in [0, 0.1) is 0 Å². The molecule has 0 radical (unpaired) electrons. The van der Waals surface area contributed by atoms with E-state index in [4.69, 9.17) is 11.6 Å². The molecule has 0 fully saturated rings. The van der Waals surface area contributed by atoms with Gasteiger partial charge < -0.3 is 4.98 Å². The van der Waals surface area contributed by atoms with Crippen LogP contribution in [0.4, 0.5) is 0 Å². The lowest BCUT2D eigenvalue weighted by atomic mass is 10.3. The minimum atomic E-state index is 0.304. The number of hydrogen-bond donors (Lipinski definition) is 1. The molecule has 0 aliphatic carbocycles. The number of H-pyrrole nitrogens is 1. The number of hydrogen-bond acceptors (Lipinski definition) is 2. The third-order valence-corrected chi connectivity index (χ3v) is 1.90. The van der Waals surface area contributed by atoms with Gasteiger partial charge in [0, 0.05) is 0 Å². The number of fused-ring (bicyclic) bond motifs is 1. The van der Waals surface area contributed by atoms with Gasteiger partial charge in [-0.05, 0) is 12.1 Å². The van der Waals surface area contributed by atoms with Crippen LogP contribution < -0.4 is 0 Å². The number of aromatic amines is 1. The average Bonchev–Trinajstić information content (AvgIpc) is 2.49. The number of carbonyl (C=O) groups is 1. The van der Waals surface area contributed by atoms with Crippen LogP contribution in [0.25, 0.3) is 11.0 Å². The zero-order valence-electron chi connectivity index (χ0n) is 6.04. The third-order valence-electron chi connectivity index (χ3n) is 1.59. The fraction of sp³-hybridized carbons (Fsp3) is 0.